The van der Waals surface area contributed by atoms with Crippen molar-refractivity contribution in [2.75, 3.05) is 0 Å². The predicted molar refractivity (Wildman–Crippen MR) is 104 cm³/mol. The van der Waals surface area contributed by atoms with Gasteiger partial charge < -0.3 is 4.74 Å². The van der Waals surface area contributed by atoms with E-state index in [0.29, 0.717) is 16.5 Å². The van der Waals surface area contributed by atoms with Crippen molar-refractivity contribution in [3.63, 3.8) is 0 Å². The zero-order valence-corrected chi connectivity index (χ0v) is 16.1. The van der Waals surface area contributed by atoms with E-state index in [1.165, 1.54) is 54.7 Å². The minimum absolute atomic E-state index is 0.0365. The Labute approximate surface area is 169 Å². The predicted octanol–water partition coefficient (Wildman–Crippen LogP) is 3.25. The zero-order valence-electron chi connectivity index (χ0n) is 15.3. The van der Waals surface area contributed by atoms with E-state index in [4.69, 9.17) is 4.74 Å². The summed E-state index contributed by atoms with van der Waals surface area (Å²) >= 11 is 1.33. The lowest BCUT2D eigenvalue weighted by Gasteiger charge is -2.15. The number of benzene rings is 2. The highest BCUT2D eigenvalue weighted by Crippen LogP contribution is 2.24. The van der Waals surface area contributed by atoms with Crippen LogP contribution in [0.4, 0.5) is 8.78 Å². The van der Waals surface area contributed by atoms with E-state index in [0.717, 1.165) is 5.56 Å². The van der Waals surface area contributed by atoms with Crippen LogP contribution in [0.1, 0.15) is 12.6 Å². The second-order valence-electron chi connectivity index (χ2n) is 6.08. The molecule has 150 valence electrons. The molecule has 3 aromatic rings. The Hall–Kier alpha value is -3.33. The largest absolute Gasteiger partial charge is 0.481 e. The Morgan fingerprint density at radius 2 is 1.66 bits per heavy atom. The SMILES string of the molecule is C[C@@H](Oc1ccc(F)cc1)C(=O)NNC(=O)Cc1csc(-c2ccc(F)cc2)n1. The number of rotatable bonds is 6. The van der Waals surface area contributed by atoms with Crippen LogP contribution in [0.15, 0.2) is 53.9 Å². The number of thiazole rings is 1. The molecule has 0 saturated carbocycles. The highest BCUT2D eigenvalue weighted by Gasteiger charge is 2.16. The number of amides is 2. The molecular formula is C20H17F2N3O3S. The molecule has 0 spiro atoms. The Morgan fingerprint density at radius 3 is 2.31 bits per heavy atom. The van der Waals surface area contributed by atoms with Gasteiger partial charge in [-0.2, -0.15) is 0 Å². The molecule has 29 heavy (non-hydrogen) atoms. The summed E-state index contributed by atoms with van der Waals surface area (Å²) in [4.78, 5) is 28.4. The fraction of sp³-hybridized carbons (Fsp3) is 0.150. The first-order valence-electron chi connectivity index (χ1n) is 8.62. The Balaban J connectivity index is 1.47. The topological polar surface area (TPSA) is 80.3 Å². The van der Waals surface area contributed by atoms with E-state index in [1.54, 1.807) is 17.5 Å². The van der Waals surface area contributed by atoms with Crippen LogP contribution in [0.25, 0.3) is 10.6 Å². The van der Waals surface area contributed by atoms with Crippen molar-refractivity contribution in [2.45, 2.75) is 19.4 Å². The summed E-state index contributed by atoms with van der Waals surface area (Å²) in [6.45, 7) is 1.50. The van der Waals surface area contributed by atoms with Gasteiger partial charge in [0.25, 0.3) is 5.91 Å². The fourth-order valence-corrected chi connectivity index (χ4v) is 3.15. The van der Waals surface area contributed by atoms with Crippen molar-refractivity contribution in [3.8, 4) is 16.3 Å². The van der Waals surface area contributed by atoms with Crippen LogP contribution in [-0.4, -0.2) is 22.9 Å². The molecule has 1 aromatic heterocycles. The van der Waals surface area contributed by atoms with Crippen molar-refractivity contribution in [3.05, 3.63) is 71.2 Å². The van der Waals surface area contributed by atoms with Gasteiger partial charge in [-0.15, -0.1) is 11.3 Å². The molecule has 2 amide bonds. The Bertz CT molecular complexity index is 991. The van der Waals surface area contributed by atoms with E-state index in [9.17, 15) is 18.4 Å². The molecule has 0 bridgehead atoms. The molecule has 0 saturated heterocycles. The third kappa shape index (κ3) is 5.82. The molecule has 0 fully saturated rings. The molecule has 6 nitrogen and oxygen atoms in total. The molecule has 1 atom stereocenters. The highest BCUT2D eigenvalue weighted by molar-refractivity contribution is 7.13. The molecule has 1 heterocycles. The molecule has 3 rings (SSSR count). The number of carbonyl (C=O) groups is 2. The summed E-state index contributed by atoms with van der Waals surface area (Å²) in [7, 11) is 0. The van der Waals surface area contributed by atoms with Crippen LogP contribution in [0, 0.1) is 11.6 Å². The lowest BCUT2D eigenvalue weighted by Crippen LogP contribution is -2.47. The first kappa shape index (κ1) is 20.4. The maximum atomic E-state index is 13.0. The first-order valence-corrected chi connectivity index (χ1v) is 9.50. The minimum atomic E-state index is -0.898. The maximum Gasteiger partial charge on any atom is 0.279 e. The molecule has 2 N–H and O–H groups in total. The normalized spacial score (nSPS) is 11.6. The number of aromatic nitrogens is 1. The smallest absolute Gasteiger partial charge is 0.279 e. The quantitative estimate of drug-likeness (QED) is 0.604. The number of carbonyl (C=O) groups excluding carboxylic acids is 2. The molecule has 0 aliphatic rings. The van der Waals surface area contributed by atoms with E-state index < -0.39 is 23.7 Å². The number of nitrogens with zero attached hydrogens (tertiary/aromatic N) is 1. The average Bonchev–Trinajstić information content (AvgIpc) is 3.16. The van der Waals surface area contributed by atoms with Gasteiger partial charge in [-0.05, 0) is 55.5 Å². The lowest BCUT2D eigenvalue weighted by molar-refractivity contribution is -0.132. The summed E-state index contributed by atoms with van der Waals surface area (Å²) in [5.41, 5.74) is 5.85. The third-order valence-corrected chi connectivity index (χ3v) is 4.75. The van der Waals surface area contributed by atoms with Gasteiger partial charge in [0, 0.05) is 10.9 Å². The van der Waals surface area contributed by atoms with E-state index in [2.05, 4.69) is 15.8 Å². The number of hydrogen-bond acceptors (Lipinski definition) is 5. The number of hydrogen-bond donors (Lipinski definition) is 2. The molecular weight excluding hydrogens is 400 g/mol. The summed E-state index contributed by atoms with van der Waals surface area (Å²) in [6, 6.07) is 11.1. The Morgan fingerprint density at radius 1 is 1.03 bits per heavy atom. The Kier molecular flexibility index (Phi) is 6.50. The molecule has 0 unspecified atom stereocenters. The molecule has 0 aliphatic carbocycles. The van der Waals surface area contributed by atoms with Crippen molar-refractivity contribution in [1.29, 1.82) is 0 Å². The highest BCUT2D eigenvalue weighted by atomic mass is 32.1. The van der Waals surface area contributed by atoms with Crippen molar-refractivity contribution >= 4 is 23.2 Å². The lowest BCUT2D eigenvalue weighted by atomic mass is 10.2. The van der Waals surface area contributed by atoms with Crippen molar-refractivity contribution < 1.29 is 23.1 Å². The van der Waals surface area contributed by atoms with Gasteiger partial charge in [-0.1, -0.05) is 0 Å². The molecule has 0 aliphatic heterocycles. The molecule has 9 heteroatoms. The summed E-state index contributed by atoms with van der Waals surface area (Å²) in [6.07, 6.45) is -0.935. The van der Waals surface area contributed by atoms with E-state index in [-0.39, 0.29) is 12.2 Å². The summed E-state index contributed by atoms with van der Waals surface area (Å²) in [5.74, 6) is -1.43. The van der Waals surface area contributed by atoms with Gasteiger partial charge in [0.1, 0.15) is 22.4 Å². The van der Waals surface area contributed by atoms with Gasteiger partial charge in [0.2, 0.25) is 5.91 Å². The average molecular weight is 417 g/mol. The summed E-state index contributed by atoms with van der Waals surface area (Å²) < 4.78 is 31.3. The second kappa shape index (κ2) is 9.24. The molecule has 2 aromatic carbocycles. The number of nitrogens with one attached hydrogen (secondary N) is 2. The van der Waals surface area contributed by atoms with Gasteiger partial charge in [-0.25, -0.2) is 13.8 Å². The first-order chi connectivity index (χ1) is 13.9. The number of halogens is 2. The van der Waals surface area contributed by atoms with E-state index >= 15 is 0 Å². The van der Waals surface area contributed by atoms with Crippen LogP contribution in [0.2, 0.25) is 0 Å². The van der Waals surface area contributed by atoms with Gasteiger partial charge in [0.15, 0.2) is 6.10 Å². The fourth-order valence-electron chi connectivity index (χ4n) is 2.33. The van der Waals surface area contributed by atoms with Gasteiger partial charge in [-0.3, -0.25) is 20.4 Å². The van der Waals surface area contributed by atoms with Crippen molar-refractivity contribution in [1.82, 2.24) is 15.8 Å². The van der Waals surface area contributed by atoms with Crippen molar-refractivity contribution in [2.24, 2.45) is 0 Å². The third-order valence-electron chi connectivity index (χ3n) is 3.81. The number of hydrazine groups is 1. The zero-order chi connectivity index (χ0) is 20.8. The molecule has 0 radical (unpaired) electrons. The minimum Gasteiger partial charge on any atom is -0.481 e. The van der Waals surface area contributed by atoms with E-state index in [1.807, 2.05) is 0 Å². The maximum absolute atomic E-state index is 13.0. The van der Waals surface area contributed by atoms with Crippen LogP contribution >= 0.6 is 11.3 Å². The second-order valence-corrected chi connectivity index (χ2v) is 6.94. The van der Waals surface area contributed by atoms with Crippen LogP contribution in [-0.2, 0) is 16.0 Å². The van der Waals surface area contributed by atoms with Gasteiger partial charge >= 0.3 is 0 Å². The summed E-state index contributed by atoms with van der Waals surface area (Å²) in [5, 5.41) is 2.39. The van der Waals surface area contributed by atoms with Crippen LogP contribution in [0.3, 0.4) is 0 Å². The monoisotopic (exact) mass is 417 g/mol. The standard InChI is InChI=1S/C20H17F2N3O3S/c1-12(28-17-8-6-15(22)7-9-17)19(27)25-24-18(26)10-16-11-29-20(23-16)13-2-4-14(21)5-3-13/h2-9,11-12H,10H2,1H3,(H,24,26)(H,25,27)/t12-/m1/s1. The van der Waals surface area contributed by atoms with Gasteiger partial charge in [0.05, 0.1) is 12.1 Å². The van der Waals surface area contributed by atoms with Crippen LogP contribution in [0.5, 0.6) is 5.75 Å². The number of ether oxygens (including phenoxy) is 1. The van der Waals surface area contributed by atoms with Crippen LogP contribution < -0.4 is 15.6 Å².